The van der Waals surface area contributed by atoms with Gasteiger partial charge in [-0.15, -0.1) is 0 Å². The predicted octanol–water partition coefficient (Wildman–Crippen LogP) is 9.56. The van der Waals surface area contributed by atoms with Gasteiger partial charge in [0, 0.05) is 5.56 Å². The summed E-state index contributed by atoms with van der Waals surface area (Å²) >= 11 is 0. The third-order valence-corrected chi connectivity index (χ3v) is 79.0. The first-order valence-electron chi connectivity index (χ1n) is 16.0. The van der Waals surface area contributed by atoms with Crippen molar-refractivity contribution in [1.29, 1.82) is 0 Å². The molecule has 48 heavy (non-hydrogen) atoms. The zero-order chi connectivity index (χ0) is 36.5. The summed E-state index contributed by atoms with van der Waals surface area (Å²) in [6.07, 6.45) is -10.3. The molecule has 0 aromatic heterocycles. The van der Waals surface area contributed by atoms with Gasteiger partial charge in [-0.3, -0.25) is 4.79 Å². The maximum atomic E-state index is 13.9. The van der Waals surface area contributed by atoms with Crippen molar-refractivity contribution >= 4 is 54.1 Å². The van der Waals surface area contributed by atoms with Crippen molar-refractivity contribution in [2.75, 3.05) is 6.16 Å². The largest absolute Gasteiger partial charge is 0.421 e. The van der Waals surface area contributed by atoms with Crippen LogP contribution in [0.2, 0.25) is 58.9 Å². The quantitative estimate of drug-likeness (QED) is 0.114. The van der Waals surface area contributed by atoms with Crippen molar-refractivity contribution < 1.29 is 35.6 Å². The van der Waals surface area contributed by atoms with Gasteiger partial charge in [-0.25, -0.2) is 0 Å². The number of alkyl halides is 6. The second-order valence-electron chi connectivity index (χ2n) is 15.4. The number of amides is 1. The Labute approximate surface area is 286 Å². The van der Waals surface area contributed by atoms with Crippen LogP contribution in [0.3, 0.4) is 0 Å². The molecule has 1 N–H and O–H groups in total. The van der Waals surface area contributed by atoms with Gasteiger partial charge in [-0.05, 0) is 49.8 Å². The van der Waals surface area contributed by atoms with Crippen LogP contribution in [-0.2, 0) is 16.8 Å². The molecule has 264 valence electrons. The second kappa shape index (κ2) is 14.7. The number of carbonyl (C=O) groups is 1. The zero-order valence-corrected chi connectivity index (χ0v) is 34.3. The summed E-state index contributed by atoms with van der Waals surface area (Å²) in [5.41, 5.74) is -3.74. The Bertz CT molecular complexity index is 1430. The molecule has 0 heterocycles. The Hall–Kier alpha value is -2.03. The van der Waals surface area contributed by atoms with E-state index in [0.717, 1.165) is 10.6 Å². The second-order valence-corrected chi connectivity index (χ2v) is 57.1. The normalized spacial score (nSPS) is 14.9. The molecule has 3 rings (SSSR count). The maximum absolute atomic E-state index is 13.9. The van der Waals surface area contributed by atoms with E-state index in [-0.39, 0.29) is 6.07 Å². The highest BCUT2D eigenvalue weighted by Gasteiger charge is 2.64. The molecule has 0 spiro atoms. The first-order chi connectivity index (χ1) is 21.8. The summed E-state index contributed by atoms with van der Waals surface area (Å²) in [5.74, 6) is -0.996. The van der Waals surface area contributed by atoms with E-state index < -0.39 is 84.7 Å². The Morgan fingerprint density at radius 1 is 0.688 bits per heavy atom. The molecule has 0 aliphatic heterocycles. The first kappa shape index (κ1) is 40.4. The summed E-state index contributed by atoms with van der Waals surface area (Å²) in [5, 5.41) is 4.99. The van der Waals surface area contributed by atoms with Crippen molar-refractivity contribution in [3.05, 3.63) is 95.6 Å². The molecule has 2 atom stereocenters. The molecule has 0 aliphatic carbocycles. The van der Waals surface area contributed by atoms with Gasteiger partial charge in [-0.1, -0.05) is 120 Å². The lowest BCUT2D eigenvalue weighted by atomic mass is 10.0. The molecule has 0 radical (unpaired) electrons. The first-order valence-corrected chi connectivity index (χ1v) is 32.9. The van der Waals surface area contributed by atoms with E-state index in [0.29, 0.717) is 18.3 Å². The molecular weight excluding hydrogens is 712 g/mol. The van der Waals surface area contributed by atoms with Crippen molar-refractivity contribution in [3.63, 3.8) is 0 Å². The van der Waals surface area contributed by atoms with Gasteiger partial charge in [0.05, 0.1) is 46.0 Å². The van der Waals surface area contributed by atoms with E-state index >= 15 is 0 Å². The Balaban J connectivity index is 2.22. The third kappa shape index (κ3) is 9.19. The molecule has 14 heteroatoms. The highest BCUT2D eigenvalue weighted by Crippen LogP contribution is 2.41. The SMILES string of the molecule is C[C@@H](O[Si]([Si](C)(C)C)([Si](C)(C)C)[Si](C)(C)C)[C@@H](CP(c1ccccc1)c1ccccc1)NC(=O)c1cc(C(F)(F)F)cc(C(F)(F)F)c1. The van der Waals surface area contributed by atoms with Gasteiger partial charge in [-0.2, -0.15) is 26.3 Å². The smallest absolute Gasteiger partial charge is 0.416 e. The van der Waals surface area contributed by atoms with Gasteiger partial charge >= 0.3 is 12.4 Å². The number of rotatable bonds is 12. The molecular formula is C34H48F6NO2PSi4. The number of nitrogens with one attached hydrogen (secondary N) is 1. The Kier molecular flexibility index (Phi) is 12.3. The molecule has 0 bridgehead atoms. The van der Waals surface area contributed by atoms with Gasteiger partial charge in [0.1, 0.15) is 0 Å². The number of benzene rings is 3. The minimum absolute atomic E-state index is 0.0416. The summed E-state index contributed by atoms with van der Waals surface area (Å²) in [7, 11) is -6.99. The molecule has 0 saturated heterocycles. The van der Waals surface area contributed by atoms with Gasteiger partial charge < -0.3 is 9.74 Å². The van der Waals surface area contributed by atoms with Crippen molar-refractivity contribution in [3.8, 4) is 0 Å². The monoisotopic (exact) mass is 759 g/mol. The van der Waals surface area contributed by atoms with Gasteiger partial charge in [0.25, 0.3) is 5.91 Å². The third-order valence-electron chi connectivity index (χ3n) is 8.78. The summed E-state index contributed by atoms with van der Waals surface area (Å²) in [6, 6.07) is 19.9. The van der Waals surface area contributed by atoms with Crippen LogP contribution in [0.15, 0.2) is 78.9 Å². The highest BCUT2D eigenvalue weighted by molar-refractivity contribution is 7.87. The topological polar surface area (TPSA) is 38.3 Å². The average Bonchev–Trinajstić information content (AvgIpc) is 2.95. The molecule has 3 aromatic rings. The fourth-order valence-electron chi connectivity index (χ4n) is 7.69. The van der Waals surface area contributed by atoms with Crippen LogP contribution in [0.5, 0.6) is 0 Å². The molecule has 0 unspecified atom stereocenters. The average molecular weight is 760 g/mol. The van der Waals surface area contributed by atoms with E-state index in [9.17, 15) is 31.1 Å². The zero-order valence-electron chi connectivity index (χ0n) is 29.4. The van der Waals surface area contributed by atoms with Crippen LogP contribution in [-0.4, -0.2) is 53.9 Å². The Morgan fingerprint density at radius 3 is 1.40 bits per heavy atom. The van der Waals surface area contributed by atoms with Gasteiger partial charge in [0.2, 0.25) is 0 Å². The number of hydrogen-bond donors (Lipinski definition) is 1. The van der Waals surface area contributed by atoms with Crippen LogP contribution in [0.25, 0.3) is 0 Å². The van der Waals surface area contributed by atoms with Crippen LogP contribution in [0.4, 0.5) is 26.3 Å². The lowest BCUT2D eigenvalue weighted by Gasteiger charge is -2.57. The lowest BCUT2D eigenvalue weighted by Crippen LogP contribution is -2.85. The fourth-order valence-corrected chi connectivity index (χ4v) is 105. The standard InChI is InChI=1S/C34H48F6NO2PSi4/c1-25(43-48(45(2,3)4,46(5,6)7)47(8,9)10)31(24-44(29-17-13-11-14-18-29)30-19-15-12-16-20-30)41-32(42)26-21-27(33(35,36)37)23-28(22-26)34(38,39)40/h11-23,25,31H,24H2,1-10H3,(H,41,42)/t25-,31-/m1/s1. The van der Waals surface area contributed by atoms with Crippen LogP contribution in [0, 0.1) is 0 Å². The van der Waals surface area contributed by atoms with E-state index in [2.05, 4.69) is 64.2 Å². The van der Waals surface area contributed by atoms with Crippen molar-refractivity contribution in [2.24, 2.45) is 0 Å². The molecule has 0 saturated carbocycles. The van der Waals surface area contributed by atoms with Crippen molar-refractivity contribution in [2.45, 2.75) is 90.3 Å². The van der Waals surface area contributed by atoms with Crippen LogP contribution >= 0.6 is 7.92 Å². The van der Waals surface area contributed by atoms with Crippen LogP contribution < -0.4 is 15.9 Å². The molecule has 3 aromatic carbocycles. The number of halogens is 6. The molecule has 1 amide bonds. The Morgan fingerprint density at radius 2 is 1.06 bits per heavy atom. The maximum Gasteiger partial charge on any atom is 0.416 e. The molecule has 3 nitrogen and oxygen atoms in total. The highest BCUT2D eigenvalue weighted by atomic mass is 31.1. The molecule has 0 aliphatic rings. The summed E-state index contributed by atoms with van der Waals surface area (Å²) in [6.45, 7) is 20.7. The van der Waals surface area contributed by atoms with E-state index in [1.165, 1.54) is 0 Å². The van der Waals surface area contributed by atoms with E-state index in [4.69, 9.17) is 4.43 Å². The van der Waals surface area contributed by atoms with Crippen LogP contribution in [0.1, 0.15) is 28.4 Å². The van der Waals surface area contributed by atoms with Gasteiger partial charge in [0.15, 0.2) is 6.87 Å². The minimum atomic E-state index is -5.07. The fraction of sp³-hybridized carbons (Fsp3) is 0.441. The lowest BCUT2D eigenvalue weighted by molar-refractivity contribution is -0.143. The minimum Gasteiger partial charge on any atom is -0.421 e. The number of carbonyl (C=O) groups excluding carboxylic acids is 1. The predicted molar refractivity (Wildman–Crippen MR) is 198 cm³/mol. The van der Waals surface area contributed by atoms with E-state index in [1.54, 1.807) is 0 Å². The summed E-state index contributed by atoms with van der Waals surface area (Å²) in [4.78, 5) is 13.9. The van der Waals surface area contributed by atoms with Crippen molar-refractivity contribution in [1.82, 2.24) is 5.32 Å². The number of hydrogen-bond acceptors (Lipinski definition) is 2. The van der Waals surface area contributed by atoms with E-state index in [1.807, 2.05) is 67.6 Å². The summed E-state index contributed by atoms with van der Waals surface area (Å²) < 4.78 is 90.1. The molecule has 0 fully saturated rings.